The normalized spacial score (nSPS) is 9.72. The number of hydrogen-bond donors (Lipinski definition) is 2. The first-order chi connectivity index (χ1) is 8.76. The first-order valence-corrected chi connectivity index (χ1v) is 6.40. The van der Waals surface area contributed by atoms with Gasteiger partial charge < -0.3 is 15.4 Å². The van der Waals surface area contributed by atoms with Crippen LogP contribution >= 0.6 is 11.6 Å². The predicted octanol–water partition coefficient (Wildman–Crippen LogP) is 1.69. The van der Waals surface area contributed by atoms with Crippen LogP contribution in [0.5, 0.6) is 5.88 Å². The van der Waals surface area contributed by atoms with Gasteiger partial charge in [0, 0.05) is 25.4 Å². The highest BCUT2D eigenvalue weighted by molar-refractivity contribution is 6.30. The lowest BCUT2D eigenvalue weighted by Crippen LogP contribution is -2.37. The summed E-state index contributed by atoms with van der Waals surface area (Å²) in [4.78, 5) is 8.39. The minimum Gasteiger partial charge on any atom is -0.476 e. The summed E-state index contributed by atoms with van der Waals surface area (Å²) in [5.74, 6) is 1.36. The van der Waals surface area contributed by atoms with Crippen molar-refractivity contribution in [2.45, 2.75) is 13.8 Å². The fourth-order valence-electron chi connectivity index (χ4n) is 1.26. The Kier molecular flexibility index (Phi) is 6.94. The molecule has 2 N–H and O–H groups in total. The van der Waals surface area contributed by atoms with Gasteiger partial charge in [0.15, 0.2) is 5.96 Å². The van der Waals surface area contributed by atoms with E-state index in [2.05, 4.69) is 20.6 Å². The molecule has 1 aromatic heterocycles. The Morgan fingerprint density at radius 3 is 2.61 bits per heavy atom. The smallest absolute Gasteiger partial charge is 0.213 e. The zero-order valence-electron chi connectivity index (χ0n) is 10.7. The Bertz CT molecular complexity index is 359. The molecular weight excluding hydrogens is 252 g/mol. The molecule has 0 aliphatic carbocycles. The van der Waals surface area contributed by atoms with E-state index in [1.807, 2.05) is 13.8 Å². The largest absolute Gasteiger partial charge is 0.476 e. The Morgan fingerprint density at radius 1 is 1.33 bits per heavy atom. The van der Waals surface area contributed by atoms with Crippen LogP contribution < -0.4 is 15.4 Å². The zero-order chi connectivity index (χ0) is 13.2. The number of guanidine groups is 1. The molecule has 18 heavy (non-hydrogen) atoms. The van der Waals surface area contributed by atoms with Crippen LogP contribution in [0, 0.1) is 0 Å². The van der Waals surface area contributed by atoms with Gasteiger partial charge in [-0.2, -0.15) is 0 Å². The Morgan fingerprint density at radius 2 is 2.06 bits per heavy atom. The summed E-state index contributed by atoms with van der Waals surface area (Å²) in [6.45, 7) is 6.79. The van der Waals surface area contributed by atoms with Crippen molar-refractivity contribution >= 4 is 17.6 Å². The van der Waals surface area contributed by atoms with Crippen LogP contribution in [0.2, 0.25) is 5.02 Å². The molecule has 1 aromatic rings. The molecule has 1 heterocycles. The monoisotopic (exact) mass is 270 g/mol. The van der Waals surface area contributed by atoms with Crippen molar-refractivity contribution in [1.82, 2.24) is 15.6 Å². The summed E-state index contributed by atoms with van der Waals surface area (Å²) in [6, 6.07) is 3.48. The molecule has 0 spiro atoms. The van der Waals surface area contributed by atoms with Crippen LogP contribution in [-0.2, 0) is 0 Å². The average molecular weight is 271 g/mol. The van der Waals surface area contributed by atoms with E-state index in [0.29, 0.717) is 24.1 Å². The van der Waals surface area contributed by atoms with Crippen molar-refractivity contribution in [3.8, 4) is 5.88 Å². The van der Waals surface area contributed by atoms with E-state index in [-0.39, 0.29) is 0 Å². The van der Waals surface area contributed by atoms with Gasteiger partial charge in [-0.15, -0.1) is 0 Å². The SMILES string of the molecule is CCNC(=NCCOc1ccc(Cl)cn1)NCC. The first-order valence-electron chi connectivity index (χ1n) is 6.02. The summed E-state index contributed by atoms with van der Waals surface area (Å²) in [5.41, 5.74) is 0. The highest BCUT2D eigenvalue weighted by Crippen LogP contribution is 2.10. The van der Waals surface area contributed by atoms with E-state index < -0.39 is 0 Å². The number of aromatic nitrogens is 1. The molecule has 0 bridgehead atoms. The first kappa shape index (κ1) is 14.6. The van der Waals surface area contributed by atoms with Crippen molar-refractivity contribution < 1.29 is 4.74 Å². The van der Waals surface area contributed by atoms with Crippen LogP contribution in [0.25, 0.3) is 0 Å². The summed E-state index contributed by atoms with van der Waals surface area (Å²) >= 11 is 5.73. The third-order valence-corrected chi connectivity index (χ3v) is 2.22. The lowest BCUT2D eigenvalue weighted by Gasteiger charge is -2.09. The standard InChI is InChI=1S/C12H19ClN4O/c1-3-14-12(15-4-2)16-7-8-18-11-6-5-10(13)9-17-11/h5-6,9H,3-4,7-8H2,1-2H3,(H2,14,15,16). The minimum absolute atomic E-state index is 0.481. The fourth-order valence-corrected chi connectivity index (χ4v) is 1.38. The molecular formula is C12H19ClN4O. The van der Waals surface area contributed by atoms with E-state index in [1.54, 1.807) is 18.3 Å². The van der Waals surface area contributed by atoms with Crippen molar-refractivity contribution in [2.75, 3.05) is 26.2 Å². The number of nitrogens with one attached hydrogen (secondary N) is 2. The van der Waals surface area contributed by atoms with Crippen molar-refractivity contribution in [2.24, 2.45) is 4.99 Å². The van der Waals surface area contributed by atoms with Crippen molar-refractivity contribution in [3.63, 3.8) is 0 Å². The second-order valence-electron chi connectivity index (χ2n) is 3.45. The van der Waals surface area contributed by atoms with Gasteiger partial charge in [0.25, 0.3) is 0 Å². The third-order valence-electron chi connectivity index (χ3n) is 2.00. The van der Waals surface area contributed by atoms with Gasteiger partial charge in [-0.1, -0.05) is 11.6 Å². The third kappa shape index (κ3) is 5.72. The molecule has 0 radical (unpaired) electrons. The second-order valence-corrected chi connectivity index (χ2v) is 3.89. The highest BCUT2D eigenvalue weighted by atomic mass is 35.5. The topological polar surface area (TPSA) is 58.5 Å². The molecule has 0 saturated carbocycles. The predicted molar refractivity (Wildman–Crippen MR) is 74.4 cm³/mol. The summed E-state index contributed by atoms with van der Waals surface area (Å²) in [7, 11) is 0. The molecule has 0 saturated heterocycles. The number of halogens is 1. The van der Waals surface area contributed by atoms with Crippen LogP contribution in [0.15, 0.2) is 23.3 Å². The average Bonchev–Trinajstić information content (AvgIpc) is 2.37. The van der Waals surface area contributed by atoms with Gasteiger partial charge in [-0.05, 0) is 19.9 Å². The van der Waals surface area contributed by atoms with Crippen LogP contribution in [0.4, 0.5) is 0 Å². The summed E-state index contributed by atoms with van der Waals surface area (Å²) in [5, 5.41) is 6.88. The summed E-state index contributed by atoms with van der Waals surface area (Å²) in [6.07, 6.45) is 1.56. The molecule has 0 unspecified atom stereocenters. The molecule has 100 valence electrons. The van der Waals surface area contributed by atoms with Gasteiger partial charge in [-0.25, -0.2) is 9.98 Å². The maximum atomic E-state index is 5.73. The Hall–Kier alpha value is -1.49. The van der Waals surface area contributed by atoms with Crippen LogP contribution in [0.3, 0.4) is 0 Å². The summed E-state index contributed by atoms with van der Waals surface area (Å²) < 4.78 is 5.44. The number of pyridine rings is 1. The minimum atomic E-state index is 0.481. The number of ether oxygens (including phenoxy) is 1. The molecule has 0 aliphatic heterocycles. The van der Waals surface area contributed by atoms with Crippen LogP contribution in [0.1, 0.15) is 13.8 Å². The molecule has 5 nitrogen and oxygen atoms in total. The van der Waals surface area contributed by atoms with E-state index in [4.69, 9.17) is 16.3 Å². The maximum absolute atomic E-state index is 5.73. The molecule has 0 amide bonds. The zero-order valence-corrected chi connectivity index (χ0v) is 11.5. The van der Waals surface area contributed by atoms with Gasteiger partial charge >= 0.3 is 0 Å². The van der Waals surface area contributed by atoms with Crippen molar-refractivity contribution in [3.05, 3.63) is 23.4 Å². The maximum Gasteiger partial charge on any atom is 0.213 e. The lowest BCUT2D eigenvalue weighted by molar-refractivity contribution is 0.316. The molecule has 6 heteroatoms. The molecule has 1 rings (SSSR count). The van der Waals surface area contributed by atoms with Crippen LogP contribution in [-0.4, -0.2) is 37.2 Å². The quantitative estimate of drug-likeness (QED) is 0.469. The highest BCUT2D eigenvalue weighted by Gasteiger charge is 1.96. The van der Waals surface area contributed by atoms with Gasteiger partial charge in [0.05, 0.1) is 11.6 Å². The number of aliphatic imine (C=N–C) groups is 1. The van der Waals surface area contributed by atoms with E-state index >= 15 is 0 Å². The molecule has 0 aliphatic rings. The number of nitrogens with zero attached hydrogens (tertiary/aromatic N) is 2. The van der Waals surface area contributed by atoms with Gasteiger partial charge in [0.2, 0.25) is 5.88 Å². The Balaban J connectivity index is 2.31. The van der Waals surface area contributed by atoms with Crippen molar-refractivity contribution in [1.29, 1.82) is 0 Å². The molecule has 0 aromatic carbocycles. The van der Waals surface area contributed by atoms with Gasteiger partial charge in [-0.3, -0.25) is 0 Å². The van der Waals surface area contributed by atoms with E-state index in [0.717, 1.165) is 19.0 Å². The lowest BCUT2D eigenvalue weighted by atomic mass is 10.5. The van der Waals surface area contributed by atoms with E-state index in [9.17, 15) is 0 Å². The molecule has 0 fully saturated rings. The van der Waals surface area contributed by atoms with E-state index in [1.165, 1.54) is 0 Å². The fraction of sp³-hybridized carbons (Fsp3) is 0.500. The second kappa shape index (κ2) is 8.58. The molecule has 0 atom stereocenters. The Labute approximate surface area is 113 Å². The number of hydrogen-bond acceptors (Lipinski definition) is 3. The van der Waals surface area contributed by atoms with Gasteiger partial charge in [0.1, 0.15) is 6.61 Å². The number of rotatable bonds is 6.